The van der Waals surface area contributed by atoms with E-state index in [1.165, 1.54) is 7.11 Å². The minimum atomic E-state index is -0.457. The van der Waals surface area contributed by atoms with Crippen molar-refractivity contribution in [2.24, 2.45) is 17.2 Å². The molecule has 0 aliphatic rings. The molecule has 13 nitrogen and oxygen atoms in total. The molecule has 314 valence electrons. The third kappa shape index (κ3) is 10.2. The number of esters is 1. The predicted octanol–water partition coefficient (Wildman–Crippen LogP) is 8.21. The molecular formula is C47H56N8O5. The highest BCUT2D eigenvalue weighted by Crippen LogP contribution is 2.35. The maximum atomic E-state index is 12.7. The Balaban J connectivity index is 0.000000232. The number of carbonyl (C=O) groups excluding carboxylic acids is 2. The van der Waals surface area contributed by atoms with E-state index in [9.17, 15) is 9.59 Å². The van der Waals surface area contributed by atoms with Gasteiger partial charge in [-0.3, -0.25) is 4.79 Å². The Morgan fingerprint density at radius 3 is 1.43 bits per heavy atom. The quantitative estimate of drug-likeness (QED) is 0.0545. The fourth-order valence-corrected chi connectivity index (χ4v) is 6.44. The lowest BCUT2D eigenvalue weighted by Crippen LogP contribution is -2.26. The highest BCUT2D eigenvalue weighted by atomic mass is 16.5. The molecule has 13 heteroatoms. The molecule has 8 rings (SSSR count). The van der Waals surface area contributed by atoms with Crippen LogP contribution in [-0.4, -0.2) is 79.3 Å². The summed E-state index contributed by atoms with van der Waals surface area (Å²) in [5.41, 5.74) is 23.4. The number of pyridine rings is 2. The molecule has 4 aromatic carbocycles. The average molecular weight is 813 g/mol. The van der Waals surface area contributed by atoms with Crippen LogP contribution >= 0.6 is 0 Å². The molecule has 8 aromatic rings. The maximum absolute atomic E-state index is 12.7. The van der Waals surface area contributed by atoms with E-state index in [1.54, 1.807) is 20.3 Å². The Hall–Kier alpha value is -6.80. The van der Waals surface area contributed by atoms with Gasteiger partial charge in [0.1, 0.15) is 22.9 Å². The van der Waals surface area contributed by atoms with Crippen LogP contribution < -0.4 is 32.0 Å². The summed E-state index contributed by atoms with van der Waals surface area (Å²) >= 11 is 0. The monoisotopic (exact) mass is 812 g/mol. The Morgan fingerprint density at radius 1 is 0.583 bits per heavy atom. The molecule has 0 saturated carbocycles. The van der Waals surface area contributed by atoms with Crippen molar-refractivity contribution in [3.8, 4) is 34.0 Å². The summed E-state index contributed by atoms with van der Waals surface area (Å²) in [4.78, 5) is 40.8. The molecule has 0 fully saturated rings. The molecular weight excluding hydrogens is 757 g/mol. The van der Waals surface area contributed by atoms with Gasteiger partial charge in [0.15, 0.2) is 0 Å². The van der Waals surface area contributed by atoms with E-state index >= 15 is 0 Å². The summed E-state index contributed by atoms with van der Waals surface area (Å²) in [7, 11) is 4.62. The largest absolute Gasteiger partial charge is 0.497 e. The van der Waals surface area contributed by atoms with Gasteiger partial charge in [0.2, 0.25) is 0 Å². The molecule has 0 atom stereocenters. The minimum Gasteiger partial charge on any atom is -0.497 e. The minimum absolute atomic E-state index is 0. The van der Waals surface area contributed by atoms with Crippen LogP contribution in [0, 0.1) is 0 Å². The second kappa shape index (κ2) is 21.8. The first kappa shape index (κ1) is 45.9. The molecule has 0 aliphatic heterocycles. The summed E-state index contributed by atoms with van der Waals surface area (Å²) in [6.07, 6.45) is 1.67. The Morgan fingerprint density at radius 2 is 1.02 bits per heavy atom. The van der Waals surface area contributed by atoms with Gasteiger partial charge in [0.25, 0.3) is 5.91 Å². The zero-order valence-electron chi connectivity index (χ0n) is 32.8. The van der Waals surface area contributed by atoms with Gasteiger partial charge in [-0.25, -0.2) is 14.8 Å². The highest BCUT2D eigenvalue weighted by molar-refractivity contribution is 6.14. The molecule has 4 heterocycles. The number of carbonyl (C=O) groups is 2. The van der Waals surface area contributed by atoms with Gasteiger partial charge in [-0.05, 0) is 105 Å². The fraction of sp³-hybridized carbons (Fsp3) is 0.234. The van der Waals surface area contributed by atoms with Crippen LogP contribution in [0.15, 0.2) is 109 Å². The number of hydrogen-bond acceptors (Lipinski definition) is 10. The summed E-state index contributed by atoms with van der Waals surface area (Å²) in [6, 6.07) is 34.9. The smallest absolute Gasteiger partial charge is 0.356 e. The van der Waals surface area contributed by atoms with Crippen LogP contribution in [-0.2, 0) is 4.74 Å². The molecule has 0 saturated heterocycles. The average Bonchev–Trinajstić information content (AvgIpc) is 3.85. The standard InChI is InChI=1S/C22H22N4O2.C20H16N2O3.C3H10N2.2CH4/c1-28-15-9-7-14(8-10-15)20-21-17(16-5-2-3-6-18(16)25-21)13-19(26-20)22(27)24-12-4-11-23;1-24-13-9-7-12(8-10-13)18-19-15(11-17(22-18)20(23)25-2)14-5-3-4-6-16(14)21-19;4-2-1-3-5;;/h2-3,5-10,13,25H,4,11-12,23H2,1H3,(H,24,27);3-11,21H,1-2H3;1-5H2;2*1H4. The molecule has 0 radical (unpaired) electrons. The zero-order valence-corrected chi connectivity index (χ0v) is 32.8. The number of amides is 1. The second-order valence-electron chi connectivity index (χ2n) is 13.2. The van der Waals surface area contributed by atoms with Crippen molar-refractivity contribution in [3.63, 3.8) is 0 Å². The van der Waals surface area contributed by atoms with E-state index in [4.69, 9.17) is 31.4 Å². The van der Waals surface area contributed by atoms with Crippen LogP contribution in [0.3, 0.4) is 0 Å². The van der Waals surface area contributed by atoms with Crippen LogP contribution in [0.25, 0.3) is 66.1 Å². The van der Waals surface area contributed by atoms with Crippen molar-refractivity contribution >= 4 is 55.5 Å². The molecule has 60 heavy (non-hydrogen) atoms. The van der Waals surface area contributed by atoms with Crippen molar-refractivity contribution in [1.82, 2.24) is 25.3 Å². The Bertz CT molecular complexity index is 2630. The highest BCUT2D eigenvalue weighted by Gasteiger charge is 2.19. The molecule has 4 aromatic heterocycles. The number of benzene rings is 4. The molecule has 0 unspecified atom stereocenters. The third-order valence-corrected chi connectivity index (χ3v) is 9.42. The van der Waals surface area contributed by atoms with E-state index < -0.39 is 5.97 Å². The lowest BCUT2D eigenvalue weighted by Gasteiger charge is -2.09. The van der Waals surface area contributed by atoms with Gasteiger partial charge in [-0.15, -0.1) is 0 Å². The number of ether oxygens (including phenoxy) is 3. The number of H-pyrrole nitrogens is 2. The van der Waals surface area contributed by atoms with E-state index in [1.807, 2.05) is 103 Å². The van der Waals surface area contributed by atoms with Crippen LogP contribution in [0.1, 0.15) is 48.7 Å². The van der Waals surface area contributed by atoms with Crippen molar-refractivity contribution in [2.75, 3.05) is 47.5 Å². The van der Waals surface area contributed by atoms with E-state index in [-0.39, 0.29) is 26.5 Å². The van der Waals surface area contributed by atoms with Crippen molar-refractivity contribution in [3.05, 3.63) is 121 Å². The van der Waals surface area contributed by atoms with Gasteiger partial charge in [0, 0.05) is 50.2 Å². The van der Waals surface area contributed by atoms with Gasteiger partial charge in [-0.2, -0.15) is 0 Å². The van der Waals surface area contributed by atoms with Gasteiger partial charge < -0.3 is 46.7 Å². The molecule has 1 amide bonds. The molecule has 0 bridgehead atoms. The zero-order chi connectivity index (χ0) is 41.0. The van der Waals surface area contributed by atoms with Gasteiger partial charge >= 0.3 is 5.97 Å². The third-order valence-electron chi connectivity index (χ3n) is 9.42. The van der Waals surface area contributed by atoms with Crippen molar-refractivity contribution in [1.29, 1.82) is 0 Å². The van der Waals surface area contributed by atoms with Crippen LogP contribution in [0.2, 0.25) is 0 Å². The number of aromatic nitrogens is 4. The first-order valence-electron chi connectivity index (χ1n) is 18.9. The number of nitrogens with zero attached hydrogens (tertiary/aromatic N) is 2. The van der Waals surface area contributed by atoms with E-state index in [0.717, 1.165) is 97.9 Å². The lowest BCUT2D eigenvalue weighted by atomic mass is 10.1. The van der Waals surface area contributed by atoms with E-state index in [0.29, 0.717) is 24.5 Å². The molecule has 0 spiro atoms. The van der Waals surface area contributed by atoms with Crippen molar-refractivity contribution in [2.45, 2.75) is 27.7 Å². The first-order chi connectivity index (χ1) is 28.3. The fourth-order valence-electron chi connectivity index (χ4n) is 6.44. The topological polar surface area (TPSA) is 209 Å². The number of rotatable bonds is 11. The number of nitrogens with two attached hydrogens (primary N) is 3. The maximum Gasteiger partial charge on any atom is 0.356 e. The molecule has 9 N–H and O–H groups in total. The van der Waals surface area contributed by atoms with E-state index in [2.05, 4.69) is 25.3 Å². The number of para-hydroxylation sites is 2. The summed E-state index contributed by atoms with van der Waals surface area (Å²) in [5.74, 6) is 0.880. The van der Waals surface area contributed by atoms with Gasteiger partial charge in [0.05, 0.1) is 43.8 Å². The lowest BCUT2D eigenvalue weighted by molar-refractivity contribution is 0.0594. The van der Waals surface area contributed by atoms with Crippen molar-refractivity contribution < 1.29 is 23.8 Å². The Kier molecular flexibility index (Phi) is 16.7. The predicted molar refractivity (Wildman–Crippen MR) is 245 cm³/mol. The van der Waals surface area contributed by atoms with Crippen LogP contribution in [0.5, 0.6) is 11.5 Å². The number of hydrogen-bond donors (Lipinski definition) is 6. The van der Waals surface area contributed by atoms with Gasteiger partial charge in [-0.1, -0.05) is 51.3 Å². The number of fused-ring (bicyclic) bond motifs is 6. The number of aromatic amines is 2. The number of methoxy groups -OCH3 is 3. The summed E-state index contributed by atoms with van der Waals surface area (Å²) in [5, 5.41) is 6.91. The van der Waals surface area contributed by atoms with Crippen LogP contribution in [0.4, 0.5) is 0 Å². The first-order valence-corrected chi connectivity index (χ1v) is 18.9. The summed E-state index contributed by atoms with van der Waals surface area (Å²) in [6.45, 7) is 2.50. The second-order valence-corrected chi connectivity index (χ2v) is 13.2. The molecule has 0 aliphatic carbocycles. The Labute approximate surface area is 350 Å². The normalized spacial score (nSPS) is 10.4. The number of nitrogens with one attached hydrogen (secondary N) is 3. The SMILES string of the molecule is C.C.COC(=O)c1cc2c([nH]c3ccccc32)c(-c2ccc(OC)cc2)n1.COc1ccc(-c2nc(C(=O)NCCCN)cc3c2[nH]c2ccccc23)cc1.NCCCN. The summed E-state index contributed by atoms with van der Waals surface area (Å²) < 4.78 is 15.3.